The van der Waals surface area contributed by atoms with Crippen molar-refractivity contribution in [1.82, 2.24) is 0 Å². The number of hydrogen-bond donors (Lipinski definition) is 1. The summed E-state index contributed by atoms with van der Waals surface area (Å²) in [7, 11) is 0. The lowest BCUT2D eigenvalue weighted by molar-refractivity contribution is 0.186. The van der Waals surface area contributed by atoms with Crippen LogP contribution < -0.4 is 0 Å². The van der Waals surface area contributed by atoms with Crippen LogP contribution in [0.15, 0.2) is 34.9 Å². The second-order valence-corrected chi connectivity index (χ2v) is 5.89. The van der Waals surface area contributed by atoms with E-state index in [4.69, 9.17) is 0 Å². The summed E-state index contributed by atoms with van der Waals surface area (Å²) in [6, 6.07) is 0. The fourth-order valence-electron chi connectivity index (χ4n) is 1.91. The molecule has 0 saturated carbocycles. The van der Waals surface area contributed by atoms with E-state index in [1.807, 2.05) is 6.92 Å². The highest BCUT2D eigenvalue weighted by Gasteiger charge is 1.94. The van der Waals surface area contributed by atoms with Gasteiger partial charge in [0.05, 0.1) is 6.10 Å². The maximum Gasteiger partial charge on any atom is 0.0515 e. The summed E-state index contributed by atoms with van der Waals surface area (Å²) in [5, 5.41) is 9.19. The van der Waals surface area contributed by atoms with E-state index >= 15 is 0 Å². The Morgan fingerprint density at radius 3 is 1.79 bits per heavy atom. The Morgan fingerprint density at radius 2 is 1.32 bits per heavy atom. The molecule has 0 bridgehead atoms. The summed E-state index contributed by atoms with van der Waals surface area (Å²) in [5.41, 5.74) is 4.34. The second kappa shape index (κ2) is 11.0. The molecule has 19 heavy (non-hydrogen) atoms. The average Bonchev–Trinajstić information content (AvgIpc) is 2.27. The molecule has 0 aromatic heterocycles. The number of hydrogen-bond acceptors (Lipinski definition) is 1. The largest absolute Gasteiger partial charge is 0.393 e. The molecular weight excluding hydrogens is 232 g/mol. The quantitative estimate of drug-likeness (QED) is 0.540. The van der Waals surface area contributed by atoms with Gasteiger partial charge in [-0.2, -0.15) is 0 Å². The van der Waals surface area contributed by atoms with Crippen molar-refractivity contribution in [3.8, 4) is 0 Å². The van der Waals surface area contributed by atoms with Gasteiger partial charge in [0.1, 0.15) is 0 Å². The maximum absolute atomic E-state index is 9.19. The van der Waals surface area contributed by atoms with Gasteiger partial charge in [-0.3, -0.25) is 0 Å². The highest BCUT2D eigenvalue weighted by atomic mass is 16.3. The number of aliphatic hydroxyl groups excluding tert-OH is 1. The molecule has 0 radical (unpaired) electrons. The predicted octanol–water partition coefficient (Wildman–Crippen LogP) is 5.57. The van der Waals surface area contributed by atoms with Gasteiger partial charge < -0.3 is 5.11 Å². The Kier molecular flexibility index (Phi) is 10.6. The number of allylic oxidation sites excluding steroid dienone is 6. The van der Waals surface area contributed by atoms with Crippen LogP contribution in [0, 0.1) is 0 Å². The van der Waals surface area contributed by atoms with E-state index in [9.17, 15) is 5.11 Å². The third-order valence-corrected chi connectivity index (χ3v) is 3.20. The molecule has 1 heteroatoms. The Morgan fingerprint density at radius 1 is 0.842 bits per heavy atom. The molecule has 1 atom stereocenters. The zero-order valence-electron chi connectivity index (χ0n) is 13.5. The van der Waals surface area contributed by atoms with Gasteiger partial charge in [0, 0.05) is 0 Å². The Hall–Kier alpha value is -0.820. The topological polar surface area (TPSA) is 20.2 Å². The fourth-order valence-corrected chi connectivity index (χ4v) is 1.91. The van der Waals surface area contributed by atoms with Crippen molar-refractivity contribution >= 4 is 0 Å². The van der Waals surface area contributed by atoms with Crippen molar-refractivity contribution < 1.29 is 5.11 Å². The summed E-state index contributed by atoms with van der Waals surface area (Å²) in [6.45, 7) is 10.6. The van der Waals surface area contributed by atoms with Gasteiger partial charge in [-0.1, -0.05) is 34.9 Å². The molecule has 0 aliphatic carbocycles. The number of aliphatic hydroxyl groups is 1. The van der Waals surface area contributed by atoms with Crippen LogP contribution in [0.3, 0.4) is 0 Å². The standard InChI is InChI=1S/C18H32O/c1-15(2)9-6-10-16(3)11-7-12-17(4)13-8-14-18(5)19/h9,11,13,18-19H,6-8,10,12,14H2,1-5H3/b16-11+,17-13-. The van der Waals surface area contributed by atoms with E-state index in [0.29, 0.717) is 0 Å². The molecule has 0 aliphatic heterocycles. The monoisotopic (exact) mass is 264 g/mol. The molecular formula is C18H32O. The third-order valence-electron chi connectivity index (χ3n) is 3.20. The lowest BCUT2D eigenvalue weighted by Crippen LogP contribution is -1.97. The molecule has 0 rings (SSSR count). The van der Waals surface area contributed by atoms with Gasteiger partial charge in [-0.05, 0) is 73.1 Å². The van der Waals surface area contributed by atoms with Crippen LogP contribution in [0.4, 0.5) is 0 Å². The van der Waals surface area contributed by atoms with Crippen LogP contribution in [-0.4, -0.2) is 11.2 Å². The Balaban J connectivity index is 3.83. The average molecular weight is 264 g/mol. The molecule has 0 aliphatic rings. The predicted molar refractivity (Wildman–Crippen MR) is 86.3 cm³/mol. The normalized spacial score (nSPS) is 14.4. The second-order valence-electron chi connectivity index (χ2n) is 5.89. The smallest absolute Gasteiger partial charge is 0.0515 e. The lowest BCUT2D eigenvalue weighted by atomic mass is 10.1. The Labute approximate surface area is 120 Å². The van der Waals surface area contributed by atoms with E-state index in [0.717, 1.165) is 32.1 Å². The third kappa shape index (κ3) is 13.4. The van der Waals surface area contributed by atoms with Gasteiger partial charge in [-0.15, -0.1) is 0 Å². The van der Waals surface area contributed by atoms with E-state index in [2.05, 4.69) is 45.9 Å². The van der Waals surface area contributed by atoms with E-state index in [1.54, 1.807) is 0 Å². The first-order chi connectivity index (χ1) is 8.91. The van der Waals surface area contributed by atoms with Gasteiger partial charge in [0.2, 0.25) is 0 Å². The summed E-state index contributed by atoms with van der Waals surface area (Å²) in [5.74, 6) is 0. The minimum atomic E-state index is -0.179. The molecule has 0 saturated heterocycles. The first-order valence-corrected chi connectivity index (χ1v) is 7.54. The Bertz CT molecular complexity index is 315. The minimum Gasteiger partial charge on any atom is -0.393 e. The summed E-state index contributed by atoms with van der Waals surface area (Å²) >= 11 is 0. The maximum atomic E-state index is 9.19. The van der Waals surface area contributed by atoms with Crippen LogP contribution in [0.25, 0.3) is 0 Å². The highest BCUT2D eigenvalue weighted by molar-refractivity contribution is 5.05. The van der Waals surface area contributed by atoms with E-state index < -0.39 is 0 Å². The fraction of sp³-hybridized carbons (Fsp3) is 0.667. The number of rotatable bonds is 9. The lowest BCUT2D eigenvalue weighted by Gasteiger charge is -2.03. The van der Waals surface area contributed by atoms with Crippen LogP contribution in [0.2, 0.25) is 0 Å². The van der Waals surface area contributed by atoms with Crippen molar-refractivity contribution in [2.24, 2.45) is 0 Å². The van der Waals surface area contributed by atoms with E-state index in [-0.39, 0.29) is 6.10 Å². The molecule has 0 fully saturated rings. The van der Waals surface area contributed by atoms with Crippen molar-refractivity contribution in [2.75, 3.05) is 0 Å². The molecule has 110 valence electrons. The van der Waals surface area contributed by atoms with Crippen LogP contribution in [-0.2, 0) is 0 Å². The molecule has 0 amide bonds. The minimum absolute atomic E-state index is 0.179. The zero-order valence-corrected chi connectivity index (χ0v) is 13.5. The van der Waals surface area contributed by atoms with Gasteiger partial charge in [-0.25, -0.2) is 0 Å². The summed E-state index contributed by atoms with van der Waals surface area (Å²) < 4.78 is 0. The summed E-state index contributed by atoms with van der Waals surface area (Å²) in [6.07, 6.45) is 13.2. The van der Waals surface area contributed by atoms with Gasteiger partial charge >= 0.3 is 0 Å². The zero-order chi connectivity index (χ0) is 14.7. The molecule has 0 aromatic rings. The van der Waals surface area contributed by atoms with Crippen molar-refractivity contribution in [3.63, 3.8) is 0 Å². The molecule has 1 unspecified atom stereocenters. The summed E-state index contributed by atoms with van der Waals surface area (Å²) in [4.78, 5) is 0. The first kappa shape index (κ1) is 18.2. The van der Waals surface area contributed by atoms with Crippen molar-refractivity contribution in [3.05, 3.63) is 34.9 Å². The van der Waals surface area contributed by atoms with Crippen LogP contribution in [0.5, 0.6) is 0 Å². The van der Waals surface area contributed by atoms with Crippen molar-refractivity contribution in [1.29, 1.82) is 0 Å². The highest BCUT2D eigenvalue weighted by Crippen LogP contribution is 2.12. The van der Waals surface area contributed by atoms with Gasteiger partial charge in [0.25, 0.3) is 0 Å². The molecule has 1 N–H and O–H groups in total. The first-order valence-electron chi connectivity index (χ1n) is 7.54. The molecule has 0 heterocycles. The molecule has 0 aromatic carbocycles. The van der Waals surface area contributed by atoms with E-state index in [1.165, 1.54) is 23.1 Å². The SMILES string of the molecule is CC(C)=CCC/C(C)=C/CC/C(C)=C\CCC(C)O. The van der Waals surface area contributed by atoms with Crippen LogP contribution in [0.1, 0.15) is 73.1 Å². The molecule has 1 nitrogen and oxygen atoms in total. The van der Waals surface area contributed by atoms with Crippen LogP contribution >= 0.6 is 0 Å². The van der Waals surface area contributed by atoms with Crippen molar-refractivity contribution in [2.45, 2.75) is 79.2 Å². The van der Waals surface area contributed by atoms with Gasteiger partial charge in [0.15, 0.2) is 0 Å². The molecule has 0 spiro atoms.